The normalized spacial score (nSPS) is 10.2. The zero-order chi connectivity index (χ0) is 13.1. The fourth-order valence-corrected chi connectivity index (χ4v) is 1.90. The number of aryl methyl sites for hydroxylation is 1. The molecule has 0 bridgehead atoms. The minimum Gasteiger partial charge on any atom is -0.320 e. The summed E-state index contributed by atoms with van der Waals surface area (Å²) in [5.41, 5.74) is 1.50. The van der Waals surface area contributed by atoms with Crippen LogP contribution in [0.2, 0.25) is 0 Å². The number of carbonyl (C=O) groups excluding carboxylic acids is 1. The van der Waals surface area contributed by atoms with E-state index in [1.165, 1.54) is 18.3 Å². The van der Waals surface area contributed by atoms with Crippen molar-refractivity contribution >= 4 is 27.5 Å². The van der Waals surface area contributed by atoms with Gasteiger partial charge in [0.15, 0.2) is 0 Å². The molecule has 0 aliphatic carbocycles. The number of halogens is 2. The molecular formula is C13H10BrFN2O. The Kier molecular flexibility index (Phi) is 3.72. The summed E-state index contributed by atoms with van der Waals surface area (Å²) in [7, 11) is 0. The lowest BCUT2D eigenvalue weighted by Gasteiger charge is -2.08. The van der Waals surface area contributed by atoms with Gasteiger partial charge in [-0.1, -0.05) is 6.07 Å². The SMILES string of the molecule is Cc1ccc(F)cc1NC(=O)c1ncccc1Br. The summed E-state index contributed by atoms with van der Waals surface area (Å²) >= 11 is 3.25. The number of carbonyl (C=O) groups is 1. The third-order valence-electron chi connectivity index (χ3n) is 2.42. The lowest BCUT2D eigenvalue weighted by molar-refractivity contribution is 0.102. The molecule has 0 spiro atoms. The third kappa shape index (κ3) is 2.73. The van der Waals surface area contributed by atoms with E-state index in [4.69, 9.17) is 0 Å². The van der Waals surface area contributed by atoms with E-state index in [0.717, 1.165) is 5.56 Å². The quantitative estimate of drug-likeness (QED) is 0.922. The van der Waals surface area contributed by atoms with Crippen molar-refractivity contribution in [1.29, 1.82) is 0 Å². The molecule has 0 saturated carbocycles. The molecule has 2 aromatic rings. The first-order chi connectivity index (χ1) is 8.58. The maximum atomic E-state index is 13.1. The molecule has 2 rings (SSSR count). The summed E-state index contributed by atoms with van der Waals surface area (Å²) in [5.74, 6) is -0.771. The minimum atomic E-state index is -0.393. The predicted molar refractivity (Wildman–Crippen MR) is 71.0 cm³/mol. The van der Waals surface area contributed by atoms with Gasteiger partial charge >= 0.3 is 0 Å². The van der Waals surface area contributed by atoms with Crippen molar-refractivity contribution in [2.75, 3.05) is 5.32 Å². The van der Waals surface area contributed by atoms with Gasteiger partial charge in [0.25, 0.3) is 5.91 Å². The number of hydrogen-bond acceptors (Lipinski definition) is 2. The largest absolute Gasteiger partial charge is 0.320 e. The van der Waals surface area contributed by atoms with Gasteiger partial charge in [-0.2, -0.15) is 0 Å². The highest BCUT2D eigenvalue weighted by Gasteiger charge is 2.12. The van der Waals surface area contributed by atoms with Gasteiger partial charge in [-0.05, 0) is 52.7 Å². The molecule has 5 heteroatoms. The van der Waals surface area contributed by atoms with Crippen molar-refractivity contribution in [1.82, 2.24) is 4.98 Å². The van der Waals surface area contributed by atoms with E-state index in [9.17, 15) is 9.18 Å². The second-order valence-electron chi connectivity index (χ2n) is 3.75. The maximum absolute atomic E-state index is 13.1. The topological polar surface area (TPSA) is 42.0 Å². The van der Waals surface area contributed by atoms with E-state index in [1.807, 2.05) is 0 Å². The number of nitrogens with one attached hydrogen (secondary N) is 1. The minimum absolute atomic E-state index is 0.265. The number of pyridine rings is 1. The van der Waals surface area contributed by atoms with Crippen molar-refractivity contribution in [3.05, 3.63) is 58.1 Å². The van der Waals surface area contributed by atoms with Crippen LogP contribution in [0, 0.1) is 12.7 Å². The van der Waals surface area contributed by atoms with Crippen LogP contribution in [-0.2, 0) is 0 Å². The fourth-order valence-electron chi connectivity index (χ4n) is 1.46. The highest BCUT2D eigenvalue weighted by atomic mass is 79.9. The third-order valence-corrected chi connectivity index (χ3v) is 3.06. The monoisotopic (exact) mass is 308 g/mol. The number of anilines is 1. The Morgan fingerprint density at radius 3 is 2.89 bits per heavy atom. The average molecular weight is 309 g/mol. The summed E-state index contributed by atoms with van der Waals surface area (Å²) in [4.78, 5) is 15.9. The maximum Gasteiger partial charge on any atom is 0.275 e. The first kappa shape index (κ1) is 12.7. The Morgan fingerprint density at radius 1 is 1.39 bits per heavy atom. The van der Waals surface area contributed by atoms with Crippen LogP contribution in [0.5, 0.6) is 0 Å². The zero-order valence-electron chi connectivity index (χ0n) is 9.58. The molecule has 3 nitrogen and oxygen atoms in total. The molecule has 1 heterocycles. The number of benzene rings is 1. The van der Waals surface area contributed by atoms with Gasteiger partial charge in [0.2, 0.25) is 0 Å². The van der Waals surface area contributed by atoms with Crippen LogP contribution in [0.4, 0.5) is 10.1 Å². The fraction of sp³-hybridized carbons (Fsp3) is 0.0769. The standard InChI is InChI=1S/C13H10BrFN2O/c1-8-4-5-9(15)7-11(8)17-13(18)12-10(14)3-2-6-16-12/h2-7H,1H3,(H,17,18). The summed E-state index contributed by atoms with van der Waals surface area (Å²) in [6.45, 7) is 1.79. The van der Waals surface area contributed by atoms with Gasteiger partial charge in [-0.25, -0.2) is 9.37 Å². The molecule has 0 saturated heterocycles. The molecule has 1 aromatic carbocycles. The number of hydrogen-bond donors (Lipinski definition) is 1. The molecule has 0 unspecified atom stereocenters. The van der Waals surface area contributed by atoms with E-state index in [2.05, 4.69) is 26.2 Å². The van der Waals surface area contributed by atoms with E-state index < -0.39 is 5.82 Å². The van der Waals surface area contributed by atoms with Crippen LogP contribution in [0.1, 0.15) is 16.1 Å². The highest BCUT2D eigenvalue weighted by Crippen LogP contribution is 2.19. The molecule has 1 aromatic heterocycles. The Labute approximate surface area is 112 Å². The summed E-state index contributed by atoms with van der Waals surface area (Å²) < 4.78 is 13.7. The molecular weight excluding hydrogens is 299 g/mol. The predicted octanol–water partition coefficient (Wildman–Crippen LogP) is 3.54. The smallest absolute Gasteiger partial charge is 0.275 e. The highest BCUT2D eigenvalue weighted by molar-refractivity contribution is 9.10. The Bertz CT molecular complexity index is 601. The van der Waals surface area contributed by atoms with Crippen LogP contribution in [0.25, 0.3) is 0 Å². The lowest BCUT2D eigenvalue weighted by Crippen LogP contribution is -2.15. The second kappa shape index (κ2) is 5.27. The molecule has 0 aliphatic rings. The van der Waals surface area contributed by atoms with Gasteiger partial charge < -0.3 is 5.32 Å². The van der Waals surface area contributed by atoms with Gasteiger partial charge in [0.05, 0.1) is 0 Å². The Hall–Kier alpha value is -1.75. The molecule has 92 valence electrons. The summed E-state index contributed by atoms with van der Waals surface area (Å²) in [6.07, 6.45) is 1.53. The first-order valence-corrected chi connectivity index (χ1v) is 6.05. The number of amides is 1. The van der Waals surface area contributed by atoms with Crippen LogP contribution in [-0.4, -0.2) is 10.9 Å². The van der Waals surface area contributed by atoms with Crippen LogP contribution >= 0.6 is 15.9 Å². The molecule has 0 radical (unpaired) electrons. The zero-order valence-corrected chi connectivity index (χ0v) is 11.2. The number of aromatic nitrogens is 1. The second-order valence-corrected chi connectivity index (χ2v) is 4.60. The van der Waals surface area contributed by atoms with Gasteiger partial charge in [0, 0.05) is 16.4 Å². The number of nitrogens with zero attached hydrogens (tertiary/aromatic N) is 1. The van der Waals surface area contributed by atoms with Crippen LogP contribution in [0.3, 0.4) is 0 Å². The van der Waals surface area contributed by atoms with Crippen molar-refractivity contribution in [3.8, 4) is 0 Å². The van der Waals surface area contributed by atoms with E-state index in [-0.39, 0.29) is 11.6 Å². The van der Waals surface area contributed by atoms with Crippen molar-refractivity contribution < 1.29 is 9.18 Å². The average Bonchev–Trinajstić information content (AvgIpc) is 2.34. The molecule has 1 amide bonds. The summed E-state index contributed by atoms with van der Waals surface area (Å²) in [5, 5.41) is 2.64. The number of rotatable bonds is 2. The lowest BCUT2D eigenvalue weighted by atomic mass is 10.2. The van der Waals surface area contributed by atoms with Crippen LogP contribution in [0.15, 0.2) is 41.0 Å². The summed E-state index contributed by atoms with van der Waals surface area (Å²) in [6, 6.07) is 7.68. The molecule has 1 N–H and O–H groups in total. The van der Waals surface area contributed by atoms with Gasteiger partial charge in [-0.3, -0.25) is 4.79 Å². The molecule has 0 atom stereocenters. The molecule has 0 aliphatic heterocycles. The van der Waals surface area contributed by atoms with Crippen molar-refractivity contribution in [2.45, 2.75) is 6.92 Å². The van der Waals surface area contributed by atoms with Gasteiger partial charge in [0.1, 0.15) is 11.5 Å². The van der Waals surface area contributed by atoms with Crippen molar-refractivity contribution in [3.63, 3.8) is 0 Å². The molecule has 0 fully saturated rings. The van der Waals surface area contributed by atoms with E-state index >= 15 is 0 Å². The van der Waals surface area contributed by atoms with Crippen LogP contribution < -0.4 is 5.32 Å². The van der Waals surface area contributed by atoms with Crippen molar-refractivity contribution in [2.24, 2.45) is 0 Å². The Morgan fingerprint density at radius 2 is 2.17 bits per heavy atom. The van der Waals surface area contributed by atoms with E-state index in [0.29, 0.717) is 10.2 Å². The van der Waals surface area contributed by atoms with E-state index in [1.54, 1.807) is 25.1 Å². The Balaban J connectivity index is 2.27. The first-order valence-electron chi connectivity index (χ1n) is 5.26. The van der Waals surface area contributed by atoms with Gasteiger partial charge in [-0.15, -0.1) is 0 Å². The molecule has 18 heavy (non-hydrogen) atoms.